The summed E-state index contributed by atoms with van der Waals surface area (Å²) in [6, 6.07) is 10.3. The van der Waals surface area contributed by atoms with Gasteiger partial charge in [0.2, 0.25) is 5.91 Å². The second-order valence-corrected chi connectivity index (χ2v) is 7.66. The van der Waals surface area contributed by atoms with E-state index in [1.807, 2.05) is 0 Å². The molecule has 0 aliphatic carbocycles. The van der Waals surface area contributed by atoms with E-state index in [0.717, 1.165) is 6.42 Å². The lowest BCUT2D eigenvalue weighted by Crippen LogP contribution is -2.34. The maximum Gasteiger partial charge on any atom is 0.573 e. The number of hydrogen-bond acceptors (Lipinski definition) is 5. The van der Waals surface area contributed by atoms with E-state index in [4.69, 9.17) is 9.15 Å². The van der Waals surface area contributed by atoms with Gasteiger partial charge in [-0.1, -0.05) is 18.2 Å². The highest BCUT2D eigenvalue weighted by Gasteiger charge is 2.31. The highest BCUT2D eigenvalue weighted by molar-refractivity contribution is 5.83. The molecule has 32 heavy (non-hydrogen) atoms. The standard InChI is InChI=1S/C22H21F3N2O5/c1-30-13-14-8-9-26(11-14)20(28)12-27-18-10-16(4-7-19(18)31-21(27)29)15-2-5-17(6-3-15)32-22(23,24)25/h2-7,10,14H,8-9,11-13H2,1H3/t14-/m1/s1. The van der Waals surface area contributed by atoms with Crippen LogP contribution in [0, 0.1) is 5.92 Å². The number of rotatable bonds is 6. The maximum absolute atomic E-state index is 12.7. The van der Waals surface area contributed by atoms with Crippen LogP contribution in [0.1, 0.15) is 6.42 Å². The third kappa shape index (κ3) is 4.80. The van der Waals surface area contributed by atoms with Gasteiger partial charge in [-0.05, 0) is 41.8 Å². The van der Waals surface area contributed by atoms with Crippen LogP contribution in [0.5, 0.6) is 5.75 Å². The van der Waals surface area contributed by atoms with Gasteiger partial charge in [-0.2, -0.15) is 0 Å². The smallest absolute Gasteiger partial charge is 0.408 e. The lowest BCUT2D eigenvalue weighted by Gasteiger charge is -2.16. The fraction of sp³-hybridized carbons (Fsp3) is 0.364. The molecule has 1 aliphatic rings. The Kier molecular flexibility index (Phi) is 5.96. The minimum absolute atomic E-state index is 0.159. The lowest BCUT2D eigenvalue weighted by molar-refractivity contribution is -0.274. The van der Waals surface area contributed by atoms with Gasteiger partial charge in [-0.3, -0.25) is 9.36 Å². The molecule has 2 aromatic carbocycles. The molecule has 4 rings (SSSR count). The molecule has 1 atom stereocenters. The van der Waals surface area contributed by atoms with Crippen molar-refractivity contribution < 1.29 is 31.9 Å². The van der Waals surface area contributed by atoms with Gasteiger partial charge in [0.05, 0.1) is 12.1 Å². The van der Waals surface area contributed by atoms with Crippen LogP contribution in [-0.2, 0) is 16.1 Å². The summed E-state index contributed by atoms with van der Waals surface area (Å²) in [7, 11) is 1.62. The number of carbonyl (C=O) groups excluding carboxylic acids is 1. The van der Waals surface area contributed by atoms with Crippen LogP contribution in [0.4, 0.5) is 13.2 Å². The van der Waals surface area contributed by atoms with Crippen molar-refractivity contribution in [1.29, 1.82) is 0 Å². The molecule has 1 aliphatic heterocycles. The lowest BCUT2D eigenvalue weighted by atomic mass is 10.1. The van der Waals surface area contributed by atoms with E-state index < -0.39 is 12.1 Å². The predicted molar refractivity (Wildman–Crippen MR) is 109 cm³/mol. The number of alkyl halides is 3. The van der Waals surface area contributed by atoms with Gasteiger partial charge in [0.15, 0.2) is 5.58 Å². The number of likely N-dealkylation sites (tertiary alicyclic amines) is 1. The molecule has 1 fully saturated rings. The molecule has 1 aromatic heterocycles. The van der Waals surface area contributed by atoms with Gasteiger partial charge >= 0.3 is 12.1 Å². The van der Waals surface area contributed by atoms with Crippen molar-refractivity contribution in [3.63, 3.8) is 0 Å². The molecule has 0 bridgehead atoms. The molecule has 3 aromatic rings. The van der Waals surface area contributed by atoms with E-state index in [-0.39, 0.29) is 24.1 Å². The number of aromatic nitrogens is 1. The predicted octanol–water partition coefficient (Wildman–Crippen LogP) is 3.66. The Morgan fingerprint density at radius 3 is 2.56 bits per heavy atom. The average molecular weight is 450 g/mol. The van der Waals surface area contributed by atoms with Crippen LogP contribution in [0.15, 0.2) is 51.7 Å². The first kappa shape index (κ1) is 21.9. The van der Waals surface area contributed by atoms with Crippen molar-refractivity contribution in [2.24, 2.45) is 5.92 Å². The Labute approximate surface area is 180 Å². The van der Waals surface area contributed by atoms with Gasteiger partial charge in [-0.25, -0.2) is 4.79 Å². The first-order valence-electron chi connectivity index (χ1n) is 10.00. The summed E-state index contributed by atoms with van der Waals surface area (Å²) < 4.78 is 52.6. The molecule has 0 radical (unpaired) electrons. The highest BCUT2D eigenvalue weighted by atomic mass is 19.4. The zero-order valence-electron chi connectivity index (χ0n) is 17.2. The first-order chi connectivity index (χ1) is 15.2. The number of nitrogens with zero attached hydrogens (tertiary/aromatic N) is 2. The van der Waals surface area contributed by atoms with E-state index in [0.29, 0.717) is 41.9 Å². The van der Waals surface area contributed by atoms with Crippen LogP contribution in [-0.4, -0.2) is 48.5 Å². The van der Waals surface area contributed by atoms with E-state index >= 15 is 0 Å². The summed E-state index contributed by atoms with van der Waals surface area (Å²) in [6.45, 7) is 1.60. The maximum atomic E-state index is 12.7. The molecule has 1 amide bonds. The average Bonchev–Trinajstić information content (AvgIpc) is 3.32. The van der Waals surface area contributed by atoms with Crippen molar-refractivity contribution in [2.45, 2.75) is 19.3 Å². The van der Waals surface area contributed by atoms with Gasteiger partial charge < -0.3 is 18.8 Å². The van der Waals surface area contributed by atoms with Crippen LogP contribution in [0.3, 0.4) is 0 Å². The Morgan fingerprint density at radius 2 is 1.88 bits per heavy atom. The molecule has 7 nitrogen and oxygen atoms in total. The Balaban J connectivity index is 1.56. The number of hydrogen-bond donors (Lipinski definition) is 0. The zero-order valence-corrected chi connectivity index (χ0v) is 17.2. The summed E-state index contributed by atoms with van der Waals surface area (Å²) in [5.41, 5.74) is 2.03. The number of benzene rings is 2. The van der Waals surface area contributed by atoms with E-state index in [9.17, 15) is 22.8 Å². The molecule has 0 saturated carbocycles. The summed E-state index contributed by atoms with van der Waals surface area (Å²) in [5, 5.41) is 0. The largest absolute Gasteiger partial charge is 0.573 e. The number of ether oxygens (including phenoxy) is 2. The Hall–Kier alpha value is -3.27. The minimum Gasteiger partial charge on any atom is -0.408 e. The van der Waals surface area contributed by atoms with Gasteiger partial charge in [0, 0.05) is 26.1 Å². The normalized spacial score (nSPS) is 16.6. The third-order valence-corrected chi connectivity index (χ3v) is 5.42. The first-order valence-corrected chi connectivity index (χ1v) is 10.00. The van der Waals surface area contributed by atoms with Crippen LogP contribution >= 0.6 is 0 Å². The van der Waals surface area contributed by atoms with E-state index in [1.165, 1.54) is 28.8 Å². The SMILES string of the molecule is COC[C@@H]1CCN(C(=O)Cn2c(=O)oc3ccc(-c4ccc(OC(F)(F)F)cc4)cc32)C1. The molecule has 170 valence electrons. The summed E-state index contributed by atoms with van der Waals surface area (Å²) in [5.74, 6) is -0.886. The number of carbonyl (C=O) groups is 1. The molecule has 2 heterocycles. The van der Waals surface area contributed by atoms with E-state index in [1.54, 1.807) is 30.2 Å². The molecular formula is C22H21F3N2O5. The highest BCUT2D eigenvalue weighted by Crippen LogP contribution is 2.28. The van der Waals surface area contributed by atoms with Crippen molar-refractivity contribution in [3.8, 4) is 16.9 Å². The Bertz CT molecular complexity index is 1170. The summed E-state index contributed by atoms with van der Waals surface area (Å²) in [6.07, 6.45) is -3.92. The number of oxazole rings is 1. The quantitative estimate of drug-likeness (QED) is 0.573. The number of amides is 1. The molecule has 0 unspecified atom stereocenters. The number of methoxy groups -OCH3 is 1. The second kappa shape index (κ2) is 8.70. The Morgan fingerprint density at radius 1 is 1.16 bits per heavy atom. The van der Waals surface area contributed by atoms with Crippen LogP contribution in [0.25, 0.3) is 22.2 Å². The number of fused-ring (bicyclic) bond motifs is 1. The summed E-state index contributed by atoms with van der Waals surface area (Å²) >= 11 is 0. The third-order valence-electron chi connectivity index (χ3n) is 5.42. The monoisotopic (exact) mass is 450 g/mol. The van der Waals surface area contributed by atoms with E-state index in [2.05, 4.69) is 4.74 Å². The molecule has 0 N–H and O–H groups in total. The van der Waals surface area contributed by atoms with Crippen molar-refractivity contribution in [1.82, 2.24) is 9.47 Å². The topological polar surface area (TPSA) is 73.9 Å². The molecule has 10 heteroatoms. The minimum atomic E-state index is -4.77. The second-order valence-electron chi connectivity index (χ2n) is 7.66. The van der Waals surface area contributed by atoms with Gasteiger partial charge in [-0.15, -0.1) is 13.2 Å². The number of halogens is 3. The van der Waals surface area contributed by atoms with Crippen molar-refractivity contribution >= 4 is 17.0 Å². The fourth-order valence-electron chi connectivity index (χ4n) is 3.91. The molecule has 1 saturated heterocycles. The molecule has 0 spiro atoms. The van der Waals surface area contributed by atoms with Crippen LogP contribution in [0.2, 0.25) is 0 Å². The zero-order chi connectivity index (χ0) is 22.9. The fourth-order valence-corrected chi connectivity index (χ4v) is 3.91. The summed E-state index contributed by atoms with van der Waals surface area (Å²) in [4.78, 5) is 26.8. The van der Waals surface area contributed by atoms with Crippen molar-refractivity contribution in [2.75, 3.05) is 26.8 Å². The van der Waals surface area contributed by atoms with Crippen molar-refractivity contribution in [3.05, 3.63) is 53.0 Å². The van der Waals surface area contributed by atoms with Gasteiger partial charge in [0.1, 0.15) is 12.3 Å². The van der Waals surface area contributed by atoms with Crippen LogP contribution < -0.4 is 10.5 Å². The van der Waals surface area contributed by atoms with Gasteiger partial charge in [0.25, 0.3) is 0 Å². The molecular weight excluding hydrogens is 429 g/mol.